The first-order valence-corrected chi connectivity index (χ1v) is 12.9. The van der Waals surface area contributed by atoms with Gasteiger partial charge in [-0.15, -0.1) is 11.3 Å². The first kappa shape index (κ1) is 23.9. The summed E-state index contributed by atoms with van der Waals surface area (Å²) in [5.41, 5.74) is 2.12. The van der Waals surface area contributed by atoms with E-state index in [-0.39, 0.29) is 16.9 Å². The number of carbonyl (C=O) groups is 2. The molecule has 2 aromatic carbocycles. The molecule has 4 rings (SSSR count). The molecular formula is C23H20ClIN4O2S2. The summed E-state index contributed by atoms with van der Waals surface area (Å²) >= 11 is 15.5. The minimum absolute atomic E-state index is 0.0797. The summed E-state index contributed by atoms with van der Waals surface area (Å²) in [4.78, 5) is 29.7. The molecule has 0 aliphatic carbocycles. The van der Waals surface area contributed by atoms with Gasteiger partial charge in [0.05, 0.1) is 15.6 Å². The Morgan fingerprint density at radius 1 is 1.03 bits per heavy atom. The molecule has 2 N–H and O–H groups in total. The fraction of sp³-hybridized carbons (Fsp3) is 0.174. The Hall–Kier alpha value is -2.21. The number of nitrogens with one attached hydrogen (secondary N) is 2. The Morgan fingerprint density at radius 3 is 2.39 bits per heavy atom. The molecule has 0 bridgehead atoms. The molecule has 1 aromatic heterocycles. The number of thiophene rings is 1. The highest BCUT2D eigenvalue weighted by molar-refractivity contribution is 14.1. The van der Waals surface area contributed by atoms with Crippen molar-refractivity contribution in [1.82, 2.24) is 10.2 Å². The van der Waals surface area contributed by atoms with E-state index in [9.17, 15) is 9.59 Å². The summed E-state index contributed by atoms with van der Waals surface area (Å²) in [5.74, 6) is -0.197. The molecule has 0 unspecified atom stereocenters. The molecule has 0 spiro atoms. The van der Waals surface area contributed by atoms with Gasteiger partial charge in [-0.25, -0.2) is 0 Å². The molecule has 0 radical (unpaired) electrons. The lowest BCUT2D eigenvalue weighted by atomic mass is 10.2. The number of piperazine rings is 1. The van der Waals surface area contributed by atoms with Crippen molar-refractivity contribution in [3.05, 3.63) is 79.0 Å². The highest BCUT2D eigenvalue weighted by Crippen LogP contribution is 2.30. The van der Waals surface area contributed by atoms with Gasteiger partial charge < -0.3 is 15.1 Å². The molecule has 10 heteroatoms. The summed E-state index contributed by atoms with van der Waals surface area (Å²) in [5, 5.41) is 8.37. The third kappa shape index (κ3) is 6.03. The Kier molecular flexibility index (Phi) is 7.84. The minimum atomic E-state index is -0.276. The highest BCUT2D eigenvalue weighted by Gasteiger charge is 2.24. The van der Waals surface area contributed by atoms with Gasteiger partial charge in [0.15, 0.2) is 5.11 Å². The maximum Gasteiger partial charge on any atom is 0.264 e. The average molecular weight is 611 g/mol. The molecule has 1 saturated heterocycles. The molecule has 1 aliphatic rings. The van der Waals surface area contributed by atoms with Gasteiger partial charge >= 0.3 is 0 Å². The van der Waals surface area contributed by atoms with Crippen LogP contribution < -0.4 is 15.5 Å². The summed E-state index contributed by atoms with van der Waals surface area (Å²) in [7, 11) is 0. The standard InChI is InChI=1S/C23H20ClIN4O2S2/c24-18-14-17(26-23(32)27-21(30)15-3-5-16(25)6-4-15)7-8-19(18)28-9-11-29(12-10-28)22(31)20-2-1-13-33-20/h1-8,13-14H,9-12H2,(H2,26,27,30,32). The van der Waals surface area contributed by atoms with Crippen LogP contribution in [0.1, 0.15) is 20.0 Å². The lowest BCUT2D eigenvalue weighted by Crippen LogP contribution is -2.48. The van der Waals surface area contributed by atoms with Gasteiger partial charge in [0.1, 0.15) is 0 Å². The van der Waals surface area contributed by atoms with Crippen LogP contribution in [0.5, 0.6) is 0 Å². The van der Waals surface area contributed by atoms with Crippen molar-refractivity contribution in [2.24, 2.45) is 0 Å². The third-order valence-corrected chi connectivity index (χ3v) is 7.26. The number of carbonyl (C=O) groups excluding carboxylic acids is 2. The number of benzene rings is 2. The molecule has 1 aliphatic heterocycles. The number of hydrogen-bond donors (Lipinski definition) is 2. The normalized spacial score (nSPS) is 13.5. The smallest absolute Gasteiger partial charge is 0.264 e. The van der Waals surface area contributed by atoms with E-state index in [0.717, 1.165) is 14.1 Å². The van der Waals surface area contributed by atoms with Gasteiger partial charge in [-0.2, -0.15) is 0 Å². The van der Waals surface area contributed by atoms with Crippen LogP contribution >= 0.6 is 57.7 Å². The van der Waals surface area contributed by atoms with E-state index in [1.54, 1.807) is 18.2 Å². The van der Waals surface area contributed by atoms with Crippen molar-refractivity contribution in [2.75, 3.05) is 36.4 Å². The van der Waals surface area contributed by atoms with Crippen LogP contribution in [0.3, 0.4) is 0 Å². The molecule has 0 saturated carbocycles. The molecule has 3 aromatic rings. The van der Waals surface area contributed by atoms with Gasteiger partial charge in [0.2, 0.25) is 0 Å². The fourth-order valence-electron chi connectivity index (χ4n) is 3.49. The van der Waals surface area contributed by atoms with Crippen LogP contribution in [0.25, 0.3) is 0 Å². The van der Waals surface area contributed by atoms with Crippen LogP contribution in [-0.4, -0.2) is 48.0 Å². The van der Waals surface area contributed by atoms with E-state index in [0.29, 0.717) is 42.5 Å². The van der Waals surface area contributed by atoms with E-state index in [1.165, 1.54) is 11.3 Å². The lowest BCUT2D eigenvalue weighted by molar-refractivity contribution is 0.0751. The Balaban J connectivity index is 1.32. The largest absolute Gasteiger partial charge is 0.367 e. The molecule has 2 amide bonds. The molecule has 6 nitrogen and oxygen atoms in total. The number of rotatable bonds is 4. The maximum absolute atomic E-state index is 12.5. The molecule has 1 fully saturated rings. The topological polar surface area (TPSA) is 64.7 Å². The van der Waals surface area contributed by atoms with Crippen molar-refractivity contribution in [3.63, 3.8) is 0 Å². The SMILES string of the molecule is O=C(NC(=S)Nc1ccc(N2CCN(C(=O)c3cccs3)CC2)c(Cl)c1)c1ccc(I)cc1. The van der Waals surface area contributed by atoms with Crippen LogP contribution in [0.4, 0.5) is 11.4 Å². The Bertz CT molecular complexity index is 1160. The van der Waals surface area contributed by atoms with Crippen molar-refractivity contribution in [1.29, 1.82) is 0 Å². The van der Waals surface area contributed by atoms with E-state index in [1.807, 2.05) is 46.7 Å². The predicted octanol–water partition coefficient (Wildman–Crippen LogP) is 5.10. The number of anilines is 2. The summed E-state index contributed by atoms with van der Waals surface area (Å²) in [6, 6.07) is 16.5. The van der Waals surface area contributed by atoms with Crippen molar-refractivity contribution < 1.29 is 9.59 Å². The van der Waals surface area contributed by atoms with Crippen LogP contribution in [0, 0.1) is 3.57 Å². The molecule has 2 heterocycles. The first-order chi connectivity index (χ1) is 15.9. The van der Waals surface area contributed by atoms with Crippen LogP contribution in [0.2, 0.25) is 5.02 Å². The summed E-state index contributed by atoms with van der Waals surface area (Å²) in [6.07, 6.45) is 0. The average Bonchev–Trinajstić information content (AvgIpc) is 3.34. The van der Waals surface area contributed by atoms with E-state index in [4.69, 9.17) is 23.8 Å². The van der Waals surface area contributed by atoms with E-state index < -0.39 is 0 Å². The number of hydrogen-bond acceptors (Lipinski definition) is 5. The van der Waals surface area contributed by atoms with Gasteiger partial charge in [-0.05, 0) is 88.7 Å². The third-order valence-electron chi connectivity index (χ3n) is 5.18. The second kappa shape index (κ2) is 10.8. The number of thiocarbonyl (C=S) groups is 1. The maximum atomic E-state index is 12.5. The van der Waals surface area contributed by atoms with Gasteiger partial charge in [-0.3, -0.25) is 14.9 Å². The van der Waals surface area contributed by atoms with Crippen molar-refractivity contribution in [2.45, 2.75) is 0 Å². The fourth-order valence-corrected chi connectivity index (χ4v) is 5.05. The van der Waals surface area contributed by atoms with Crippen molar-refractivity contribution >= 4 is 86.0 Å². The summed E-state index contributed by atoms with van der Waals surface area (Å²) in [6.45, 7) is 2.69. The second-order valence-corrected chi connectivity index (χ2v) is 10.3. The number of halogens is 2. The quantitative estimate of drug-likeness (QED) is 0.318. The van der Waals surface area contributed by atoms with Gasteiger partial charge in [-0.1, -0.05) is 17.7 Å². The van der Waals surface area contributed by atoms with Crippen LogP contribution in [-0.2, 0) is 0 Å². The van der Waals surface area contributed by atoms with Crippen molar-refractivity contribution in [3.8, 4) is 0 Å². The highest BCUT2D eigenvalue weighted by atomic mass is 127. The Labute approximate surface area is 220 Å². The minimum Gasteiger partial charge on any atom is -0.367 e. The molecular weight excluding hydrogens is 591 g/mol. The van der Waals surface area contributed by atoms with Gasteiger partial charge in [0, 0.05) is 41.0 Å². The second-order valence-electron chi connectivity index (χ2n) is 7.34. The zero-order chi connectivity index (χ0) is 23.4. The zero-order valence-electron chi connectivity index (χ0n) is 17.4. The first-order valence-electron chi connectivity index (χ1n) is 10.2. The molecule has 170 valence electrons. The molecule has 33 heavy (non-hydrogen) atoms. The van der Waals surface area contributed by atoms with E-state index >= 15 is 0 Å². The van der Waals surface area contributed by atoms with Gasteiger partial charge in [0.25, 0.3) is 11.8 Å². The van der Waals surface area contributed by atoms with E-state index in [2.05, 4.69) is 38.1 Å². The predicted molar refractivity (Wildman–Crippen MR) is 147 cm³/mol. The monoisotopic (exact) mass is 610 g/mol. The molecule has 0 atom stereocenters. The van der Waals surface area contributed by atoms with Crippen LogP contribution in [0.15, 0.2) is 60.0 Å². The number of nitrogens with zero attached hydrogens (tertiary/aromatic N) is 2. The lowest BCUT2D eigenvalue weighted by Gasteiger charge is -2.36. The summed E-state index contributed by atoms with van der Waals surface area (Å²) < 4.78 is 1.05. The zero-order valence-corrected chi connectivity index (χ0v) is 21.9. The number of amides is 2. The Morgan fingerprint density at radius 2 is 1.76 bits per heavy atom.